The number of nitrogens with zero attached hydrogens (tertiary/aromatic N) is 3. The molecule has 1 saturated heterocycles. The highest BCUT2D eigenvalue weighted by Crippen LogP contribution is 2.17. The summed E-state index contributed by atoms with van der Waals surface area (Å²) in [6.45, 7) is 1.61. The fourth-order valence-electron chi connectivity index (χ4n) is 3.58. The third kappa shape index (κ3) is 5.52. The van der Waals surface area contributed by atoms with Crippen molar-refractivity contribution in [1.29, 1.82) is 0 Å². The van der Waals surface area contributed by atoms with Gasteiger partial charge in [0.05, 0.1) is 5.75 Å². The van der Waals surface area contributed by atoms with Gasteiger partial charge >= 0.3 is 0 Å². The third-order valence-corrected chi connectivity index (χ3v) is 7.17. The van der Waals surface area contributed by atoms with Gasteiger partial charge in [-0.25, -0.2) is 13.4 Å². The quantitative estimate of drug-likeness (QED) is 0.552. The fraction of sp³-hybridized carbons (Fsp3) is 0.250. The zero-order chi connectivity index (χ0) is 22.4. The lowest BCUT2D eigenvalue weighted by Gasteiger charge is -2.34. The van der Waals surface area contributed by atoms with Crippen molar-refractivity contribution < 1.29 is 17.9 Å². The number of aromatic nitrogens is 1. The van der Waals surface area contributed by atoms with E-state index in [0.29, 0.717) is 31.1 Å². The second-order valence-electron chi connectivity index (χ2n) is 7.59. The molecular weight excluding hydrogens is 426 g/mol. The summed E-state index contributed by atoms with van der Waals surface area (Å²) in [6, 6.07) is 22.1. The summed E-state index contributed by atoms with van der Waals surface area (Å²) in [4.78, 5) is 18.8. The van der Waals surface area contributed by atoms with Gasteiger partial charge in [-0.05, 0) is 17.2 Å². The lowest BCUT2D eigenvalue weighted by molar-refractivity contribution is 0.0697. The van der Waals surface area contributed by atoms with Gasteiger partial charge in [-0.3, -0.25) is 4.79 Å². The number of hydrogen-bond acceptors (Lipinski definition) is 5. The Morgan fingerprint density at radius 2 is 1.50 bits per heavy atom. The molecule has 1 amide bonds. The number of ether oxygens (including phenoxy) is 1. The van der Waals surface area contributed by atoms with E-state index in [1.807, 2.05) is 48.5 Å². The lowest BCUT2D eigenvalue weighted by Crippen LogP contribution is -2.50. The largest absolute Gasteiger partial charge is 0.473 e. The van der Waals surface area contributed by atoms with Crippen LogP contribution in [0.15, 0.2) is 79.0 Å². The zero-order valence-corrected chi connectivity index (χ0v) is 18.4. The summed E-state index contributed by atoms with van der Waals surface area (Å²) in [5.74, 6) is 0.190. The number of sulfonamides is 1. The number of pyridine rings is 1. The number of amides is 1. The Hall–Kier alpha value is -3.23. The molecule has 0 bridgehead atoms. The van der Waals surface area contributed by atoms with E-state index in [-0.39, 0.29) is 24.7 Å². The Kier molecular flexibility index (Phi) is 6.82. The van der Waals surface area contributed by atoms with Crippen LogP contribution in [0, 0.1) is 0 Å². The molecule has 4 rings (SSSR count). The second-order valence-corrected chi connectivity index (χ2v) is 9.56. The van der Waals surface area contributed by atoms with E-state index in [2.05, 4.69) is 4.98 Å². The van der Waals surface area contributed by atoms with Crippen LogP contribution in [0.1, 0.15) is 21.5 Å². The molecule has 0 radical (unpaired) electrons. The standard InChI is InChI=1S/C24H25N3O4S/c28-24(22-11-12-25-23(17-22)31-18-20-7-3-1-4-8-20)26-13-15-27(16-14-26)32(29,30)19-21-9-5-2-6-10-21/h1-12,17H,13-16,18-19H2. The van der Waals surface area contributed by atoms with Crippen LogP contribution in [0.5, 0.6) is 5.88 Å². The summed E-state index contributed by atoms with van der Waals surface area (Å²) in [6.07, 6.45) is 1.55. The van der Waals surface area contributed by atoms with Gasteiger partial charge in [0.25, 0.3) is 5.91 Å². The molecular formula is C24H25N3O4S. The van der Waals surface area contributed by atoms with E-state index in [9.17, 15) is 13.2 Å². The molecule has 1 aliphatic rings. The Morgan fingerprint density at radius 3 is 2.16 bits per heavy atom. The van der Waals surface area contributed by atoms with Crippen LogP contribution in [-0.4, -0.2) is 54.7 Å². The Bertz CT molecular complexity index is 1150. The van der Waals surface area contributed by atoms with E-state index in [4.69, 9.17) is 4.74 Å². The van der Waals surface area contributed by atoms with E-state index < -0.39 is 10.0 Å². The number of hydrogen-bond donors (Lipinski definition) is 0. The van der Waals surface area contributed by atoms with Gasteiger partial charge in [0.2, 0.25) is 15.9 Å². The van der Waals surface area contributed by atoms with E-state index in [1.165, 1.54) is 4.31 Å². The van der Waals surface area contributed by atoms with Crippen molar-refractivity contribution in [2.75, 3.05) is 26.2 Å². The van der Waals surface area contributed by atoms with E-state index in [1.54, 1.807) is 35.4 Å². The van der Waals surface area contributed by atoms with Crippen LogP contribution < -0.4 is 4.74 Å². The molecule has 8 heteroatoms. The molecule has 0 aliphatic carbocycles. The Labute approximate surface area is 188 Å². The fourth-order valence-corrected chi connectivity index (χ4v) is 5.10. The summed E-state index contributed by atoms with van der Waals surface area (Å²) in [5.41, 5.74) is 2.24. The summed E-state index contributed by atoms with van der Waals surface area (Å²) < 4.78 is 32.6. The van der Waals surface area contributed by atoms with Crippen LogP contribution in [0.25, 0.3) is 0 Å². The first-order valence-electron chi connectivity index (χ1n) is 10.4. The van der Waals surface area contributed by atoms with Gasteiger partial charge < -0.3 is 9.64 Å². The molecule has 32 heavy (non-hydrogen) atoms. The minimum Gasteiger partial charge on any atom is -0.473 e. The van der Waals surface area contributed by atoms with Crippen LogP contribution in [0.4, 0.5) is 0 Å². The molecule has 0 N–H and O–H groups in total. The third-order valence-electron chi connectivity index (χ3n) is 5.32. The maximum Gasteiger partial charge on any atom is 0.254 e. The first-order chi connectivity index (χ1) is 15.5. The lowest BCUT2D eigenvalue weighted by atomic mass is 10.2. The first kappa shape index (κ1) is 22.0. The second kappa shape index (κ2) is 9.93. The van der Waals surface area contributed by atoms with E-state index in [0.717, 1.165) is 11.1 Å². The average molecular weight is 452 g/mol. The van der Waals surface area contributed by atoms with Crippen LogP contribution >= 0.6 is 0 Å². The summed E-state index contributed by atoms with van der Waals surface area (Å²) in [5, 5.41) is 0. The Balaban J connectivity index is 1.34. The molecule has 7 nitrogen and oxygen atoms in total. The van der Waals surface area contributed by atoms with Gasteiger partial charge in [-0.1, -0.05) is 60.7 Å². The molecule has 1 fully saturated rings. The van der Waals surface area contributed by atoms with Gasteiger partial charge in [-0.15, -0.1) is 0 Å². The minimum absolute atomic E-state index is 0.0335. The highest BCUT2D eigenvalue weighted by Gasteiger charge is 2.29. The highest BCUT2D eigenvalue weighted by atomic mass is 32.2. The van der Waals surface area contributed by atoms with Gasteiger partial charge in [0.15, 0.2) is 0 Å². The van der Waals surface area contributed by atoms with Crippen molar-refractivity contribution in [3.63, 3.8) is 0 Å². The molecule has 166 valence electrons. The molecule has 0 saturated carbocycles. The van der Waals surface area contributed by atoms with Crippen LogP contribution in [0.3, 0.4) is 0 Å². The predicted octanol–water partition coefficient (Wildman–Crippen LogP) is 2.95. The maximum atomic E-state index is 12.9. The Morgan fingerprint density at radius 1 is 0.875 bits per heavy atom. The molecule has 0 unspecified atom stereocenters. The number of carbonyl (C=O) groups excluding carboxylic acids is 1. The molecule has 0 spiro atoms. The number of rotatable bonds is 7. The highest BCUT2D eigenvalue weighted by molar-refractivity contribution is 7.88. The minimum atomic E-state index is -3.43. The number of benzene rings is 2. The average Bonchev–Trinajstić information content (AvgIpc) is 2.83. The first-order valence-corrected chi connectivity index (χ1v) is 12.1. The molecule has 1 aliphatic heterocycles. The molecule has 0 atom stereocenters. The van der Waals surface area contributed by atoms with Crippen molar-refractivity contribution in [3.8, 4) is 5.88 Å². The van der Waals surface area contributed by atoms with E-state index >= 15 is 0 Å². The molecule has 2 aromatic carbocycles. The molecule has 1 aromatic heterocycles. The van der Waals surface area contributed by atoms with Crippen molar-refractivity contribution in [3.05, 3.63) is 95.7 Å². The summed E-state index contributed by atoms with van der Waals surface area (Å²) >= 11 is 0. The number of piperazine rings is 1. The van der Waals surface area contributed by atoms with Crippen LogP contribution in [-0.2, 0) is 22.4 Å². The van der Waals surface area contributed by atoms with Gasteiger partial charge in [0, 0.05) is 44.0 Å². The van der Waals surface area contributed by atoms with Crippen molar-refractivity contribution in [1.82, 2.24) is 14.2 Å². The number of carbonyl (C=O) groups is 1. The summed E-state index contributed by atoms with van der Waals surface area (Å²) in [7, 11) is -3.43. The zero-order valence-electron chi connectivity index (χ0n) is 17.6. The smallest absolute Gasteiger partial charge is 0.254 e. The van der Waals surface area contributed by atoms with Crippen molar-refractivity contribution in [2.24, 2.45) is 0 Å². The van der Waals surface area contributed by atoms with Crippen LogP contribution in [0.2, 0.25) is 0 Å². The van der Waals surface area contributed by atoms with Crippen molar-refractivity contribution >= 4 is 15.9 Å². The monoisotopic (exact) mass is 451 g/mol. The van der Waals surface area contributed by atoms with Gasteiger partial charge in [0.1, 0.15) is 6.61 Å². The topological polar surface area (TPSA) is 79.8 Å². The normalized spacial score (nSPS) is 14.8. The maximum absolute atomic E-state index is 12.9. The van der Waals surface area contributed by atoms with Gasteiger partial charge in [-0.2, -0.15) is 4.31 Å². The van der Waals surface area contributed by atoms with Crippen molar-refractivity contribution in [2.45, 2.75) is 12.4 Å². The predicted molar refractivity (Wildman–Crippen MR) is 122 cm³/mol. The molecule has 2 heterocycles. The SMILES string of the molecule is O=C(c1ccnc(OCc2ccccc2)c1)N1CCN(S(=O)(=O)Cc2ccccc2)CC1. The molecule has 3 aromatic rings.